The van der Waals surface area contributed by atoms with E-state index in [1.807, 2.05) is 18.2 Å². The predicted molar refractivity (Wildman–Crippen MR) is 118 cm³/mol. The van der Waals surface area contributed by atoms with E-state index in [2.05, 4.69) is 53.1 Å². The molecule has 0 saturated carbocycles. The highest BCUT2D eigenvalue weighted by Crippen LogP contribution is 2.14. The van der Waals surface area contributed by atoms with Gasteiger partial charge in [-0.3, -0.25) is 4.99 Å². The van der Waals surface area contributed by atoms with E-state index >= 15 is 0 Å². The second kappa shape index (κ2) is 12.3. The summed E-state index contributed by atoms with van der Waals surface area (Å²) in [7, 11) is 1.80. The van der Waals surface area contributed by atoms with Crippen LogP contribution in [-0.2, 0) is 17.9 Å². The number of aryl methyl sites for hydroxylation is 1. The first-order valence-corrected chi connectivity index (χ1v) is 9.16. The first-order valence-electron chi connectivity index (χ1n) is 8.28. The molecule has 2 N–H and O–H groups in total. The van der Waals surface area contributed by atoms with Crippen molar-refractivity contribution in [3.8, 4) is 0 Å². The molecule has 138 valence electrons. The topological polar surface area (TPSA) is 45.7 Å². The molecule has 1 aromatic carbocycles. The summed E-state index contributed by atoms with van der Waals surface area (Å²) in [5.41, 5.74) is 2.53. The van der Waals surface area contributed by atoms with Gasteiger partial charge in [0, 0.05) is 18.5 Å². The number of rotatable bonds is 8. The highest BCUT2D eigenvalue weighted by atomic mass is 127. The van der Waals surface area contributed by atoms with Crippen molar-refractivity contribution < 1.29 is 4.74 Å². The van der Waals surface area contributed by atoms with Gasteiger partial charge >= 0.3 is 0 Å². The zero-order valence-electron chi connectivity index (χ0n) is 15.1. The number of guanidine groups is 1. The van der Waals surface area contributed by atoms with Gasteiger partial charge in [0.25, 0.3) is 0 Å². The van der Waals surface area contributed by atoms with Crippen LogP contribution >= 0.6 is 35.3 Å². The number of nitrogens with zero attached hydrogens (tertiary/aromatic N) is 1. The summed E-state index contributed by atoms with van der Waals surface area (Å²) >= 11 is 1.77. The Morgan fingerprint density at radius 1 is 1.20 bits per heavy atom. The van der Waals surface area contributed by atoms with E-state index in [1.165, 1.54) is 16.0 Å². The molecule has 0 aliphatic rings. The highest BCUT2D eigenvalue weighted by Gasteiger charge is 2.06. The minimum absolute atomic E-state index is 0. The first-order chi connectivity index (χ1) is 11.7. The normalized spacial score (nSPS) is 12.4. The van der Waals surface area contributed by atoms with Gasteiger partial charge in [-0.05, 0) is 35.4 Å². The van der Waals surface area contributed by atoms with Crippen LogP contribution in [0.5, 0.6) is 0 Å². The summed E-state index contributed by atoms with van der Waals surface area (Å²) in [5.74, 6) is 1.24. The number of benzene rings is 1. The van der Waals surface area contributed by atoms with Gasteiger partial charge in [-0.2, -0.15) is 0 Å². The first kappa shape index (κ1) is 21.9. The molecule has 0 amide bonds. The number of nitrogens with one attached hydrogen (secondary N) is 2. The minimum atomic E-state index is 0. The molecule has 0 fully saturated rings. The zero-order chi connectivity index (χ0) is 17.2. The van der Waals surface area contributed by atoms with E-state index in [0.717, 1.165) is 25.7 Å². The Morgan fingerprint density at radius 2 is 1.96 bits per heavy atom. The number of hydrogen-bond donors (Lipinski definition) is 2. The maximum absolute atomic E-state index is 5.78. The van der Waals surface area contributed by atoms with E-state index in [-0.39, 0.29) is 24.0 Å². The van der Waals surface area contributed by atoms with Crippen LogP contribution in [0.25, 0.3) is 0 Å². The fourth-order valence-corrected chi connectivity index (χ4v) is 3.10. The molecule has 0 radical (unpaired) electrons. The number of hydrogen-bond acceptors (Lipinski definition) is 3. The van der Waals surface area contributed by atoms with Crippen LogP contribution in [0.3, 0.4) is 0 Å². The molecule has 6 heteroatoms. The minimum Gasteiger partial charge on any atom is -0.376 e. The lowest BCUT2D eigenvalue weighted by molar-refractivity contribution is 0.0931. The van der Waals surface area contributed by atoms with Crippen LogP contribution in [-0.4, -0.2) is 26.2 Å². The molecule has 4 nitrogen and oxygen atoms in total. The lowest BCUT2D eigenvalue weighted by atomic mass is 10.2. The van der Waals surface area contributed by atoms with Crippen LogP contribution in [0.15, 0.2) is 46.8 Å². The van der Waals surface area contributed by atoms with Crippen molar-refractivity contribution in [2.75, 3.05) is 20.2 Å². The third-order valence-electron chi connectivity index (χ3n) is 3.74. The number of thiophene rings is 1. The SMILES string of the molecule is CN=C(NCc1sccc1C)NCC(C)COCc1ccccc1.I. The highest BCUT2D eigenvalue weighted by molar-refractivity contribution is 14.0. The molecule has 2 aromatic rings. The predicted octanol–water partition coefficient (Wildman–Crippen LogP) is 4.19. The van der Waals surface area contributed by atoms with E-state index in [9.17, 15) is 0 Å². The Hall–Kier alpha value is -1.12. The largest absolute Gasteiger partial charge is 0.376 e. The van der Waals surface area contributed by atoms with Gasteiger partial charge in [-0.1, -0.05) is 37.3 Å². The van der Waals surface area contributed by atoms with Gasteiger partial charge < -0.3 is 15.4 Å². The van der Waals surface area contributed by atoms with Crippen LogP contribution < -0.4 is 10.6 Å². The maximum Gasteiger partial charge on any atom is 0.191 e. The van der Waals surface area contributed by atoms with Crippen molar-refractivity contribution in [2.45, 2.75) is 27.0 Å². The molecule has 1 heterocycles. The van der Waals surface area contributed by atoms with Crippen LogP contribution in [0.2, 0.25) is 0 Å². The summed E-state index contributed by atoms with van der Waals surface area (Å²) in [5, 5.41) is 8.84. The molecule has 0 aliphatic heterocycles. The number of ether oxygens (including phenoxy) is 1. The lowest BCUT2D eigenvalue weighted by Crippen LogP contribution is -2.39. The van der Waals surface area contributed by atoms with Crippen molar-refractivity contribution in [3.05, 3.63) is 57.8 Å². The quantitative estimate of drug-likeness (QED) is 0.343. The van der Waals surface area contributed by atoms with Gasteiger partial charge in [-0.15, -0.1) is 35.3 Å². The van der Waals surface area contributed by atoms with Crippen molar-refractivity contribution in [2.24, 2.45) is 10.9 Å². The maximum atomic E-state index is 5.78. The zero-order valence-corrected chi connectivity index (χ0v) is 18.3. The van der Waals surface area contributed by atoms with Crippen LogP contribution in [0.4, 0.5) is 0 Å². The molecular weight excluding hydrogens is 445 g/mol. The van der Waals surface area contributed by atoms with Crippen molar-refractivity contribution in [3.63, 3.8) is 0 Å². The van der Waals surface area contributed by atoms with Gasteiger partial charge in [0.05, 0.1) is 19.8 Å². The summed E-state index contributed by atoms with van der Waals surface area (Å²) < 4.78 is 5.78. The number of aliphatic imine (C=N–C) groups is 1. The van der Waals surface area contributed by atoms with E-state index < -0.39 is 0 Å². The molecule has 0 spiro atoms. The Bertz CT molecular complexity index is 631. The number of halogens is 1. The van der Waals surface area contributed by atoms with Gasteiger partial charge in [0.1, 0.15) is 0 Å². The standard InChI is InChI=1S/C19H27N3OS.HI/c1-15(13-23-14-17-7-5-4-6-8-17)11-21-19(20-3)22-12-18-16(2)9-10-24-18;/h4-10,15H,11-14H2,1-3H3,(H2,20,21,22);1H. The van der Waals surface area contributed by atoms with E-state index in [1.54, 1.807) is 18.4 Å². The molecule has 0 saturated heterocycles. The average Bonchev–Trinajstić information content (AvgIpc) is 3.01. The van der Waals surface area contributed by atoms with Gasteiger partial charge in [0.2, 0.25) is 0 Å². The molecule has 1 unspecified atom stereocenters. The summed E-state index contributed by atoms with van der Waals surface area (Å²) in [6.45, 7) is 7.34. The van der Waals surface area contributed by atoms with E-state index in [4.69, 9.17) is 4.74 Å². The summed E-state index contributed by atoms with van der Waals surface area (Å²) in [6.07, 6.45) is 0. The monoisotopic (exact) mass is 473 g/mol. The fourth-order valence-electron chi connectivity index (χ4n) is 2.25. The van der Waals surface area contributed by atoms with Crippen LogP contribution in [0, 0.1) is 12.8 Å². The van der Waals surface area contributed by atoms with Crippen LogP contribution in [0.1, 0.15) is 22.9 Å². The Labute approximate surface area is 172 Å². The second-order valence-corrected chi connectivity index (χ2v) is 6.94. The third-order valence-corrected chi connectivity index (χ3v) is 4.76. The Balaban J connectivity index is 0.00000312. The molecule has 1 aromatic heterocycles. The fraction of sp³-hybridized carbons (Fsp3) is 0.421. The molecule has 1 atom stereocenters. The molecule has 25 heavy (non-hydrogen) atoms. The summed E-state index contributed by atoms with van der Waals surface area (Å²) in [6, 6.07) is 12.4. The molecule has 2 rings (SSSR count). The smallest absolute Gasteiger partial charge is 0.191 e. The van der Waals surface area contributed by atoms with Crippen molar-refractivity contribution in [1.29, 1.82) is 0 Å². The van der Waals surface area contributed by atoms with Crippen molar-refractivity contribution in [1.82, 2.24) is 10.6 Å². The molecular formula is C19H28IN3OS. The van der Waals surface area contributed by atoms with E-state index in [0.29, 0.717) is 12.5 Å². The summed E-state index contributed by atoms with van der Waals surface area (Å²) in [4.78, 5) is 5.62. The average molecular weight is 473 g/mol. The van der Waals surface area contributed by atoms with Crippen molar-refractivity contribution >= 4 is 41.3 Å². The molecule has 0 aliphatic carbocycles. The van der Waals surface area contributed by atoms with Gasteiger partial charge in [0.15, 0.2) is 5.96 Å². The molecule has 0 bridgehead atoms. The van der Waals surface area contributed by atoms with Gasteiger partial charge in [-0.25, -0.2) is 0 Å². The third kappa shape index (κ3) is 8.20. The second-order valence-electron chi connectivity index (χ2n) is 5.94. The Kier molecular flexibility index (Phi) is 10.8. The Morgan fingerprint density at radius 3 is 2.60 bits per heavy atom. The lowest BCUT2D eigenvalue weighted by Gasteiger charge is -2.16.